The first kappa shape index (κ1) is 14.5. The van der Waals surface area contributed by atoms with Crippen molar-refractivity contribution in [2.24, 2.45) is 5.41 Å². The third-order valence-electron chi connectivity index (χ3n) is 3.28. The van der Waals surface area contributed by atoms with Gasteiger partial charge in [-0.2, -0.15) is 0 Å². The molecule has 1 fully saturated rings. The van der Waals surface area contributed by atoms with Gasteiger partial charge in [0.05, 0.1) is 0 Å². The monoisotopic (exact) mass is 241 g/mol. The summed E-state index contributed by atoms with van der Waals surface area (Å²) in [4.78, 5) is 11.8. The zero-order valence-corrected chi connectivity index (χ0v) is 11.9. The Hall–Kier alpha value is -0.570. The average molecular weight is 241 g/mol. The molecule has 0 saturated heterocycles. The minimum absolute atomic E-state index is 0.148. The first-order chi connectivity index (χ1) is 7.78. The largest absolute Gasteiger partial charge is 0.459 e. The molecule has 1 saturated carbocycles. The summed E-state index contributed by atoms with van der Waals surface area (Å²) in [6.07, 6.45) is 5.09. The SMILES string of the molecule is CCCC1(CNC(C)C(=O)OC(C)(C)C)CC1. The molecule has 1 aliphatic rings. The molecule has 1 aliphatic carbocycles. The van der Waals surface area contributed by atoms with Crippen LogP contribution in [0.1, 0.15) is 60.3 Å². The quantitative estimate of drug-likeness (QED) is 0.727. The Labute approximate surface area is 105 Å². The molecule has 1 atom stereocenters. The molecular weight excluding hydrogens is 214 g/mol. The fraction of sp³-hybridized carbons (Fsp3) is 0.929. The maximum atomic E-state index is 11.8. The van der Waals surface area contributed by atoms with E-state index in [0.717, 1.165) is 6.54 Å². The van der Waals surface area contributed by atoms with Gasteiger partial charge in [0, 0.05) is 6.54 Å². The molecule has 1 unspecified atom stereocenters. The maximum Gasteiger partial charge on any atom is 0.323 e. The third kappa shape index (κ3) is 5.07. The van der Waals surface area contributed by atoms with Crippen LogP contribution >= 0.6 is 0 Å². The minimum Gasteiger partial charge on any atom is -0.459 e. The molecule has 3 nitrogen and oxygen atoms in total. The Morgan fingerprint density at radius 2 is 2.00 bits per heavy atom. The lowest BCUT2D eigenvalue weighted by Crippen LogP contribution is -2.41. The molecule has 17 heavy (non-hydrogen) atoms. The Bertz CT molecular complexity index is 264. The number of rotatable bonds is 6. The summed E-state index contributed by atoms with van der Waals surface area (Å²) in [5, 5.41) is 3.32. The highest BCUT2D eigenvalue weighted by atomic mass is 16.6. The average Bonchev–Trinajstić information content (AvgIpc) is 2.93. The standard InChI is InChI=1S/C14H27NO2/c1-6-7-14(8-9-14)10-15-11(2)12(16)17-13(3,4)5/h11,15H,6-10H2,1-5H3. The highest BCUT2D eigenvalue weighted by Gasteiger charge is 2.41. The number of carbonyl (C=O) groups excluding carboxylic acids is 1. The molecule has 0 spiro atoms. The summed E-state index contributed by atoms with van der Waals surface area (Å²) in [7, 11) is 0. The van der Waals surface area contributed by atoms with E-state index < -0.39 is 5.60 Å². The van der Waals surface area contributed by atoms with Crippen molar-refractivity contribution in [2.45, 2.75) is 71.9 Å². The van der Waals surface area contributed by atoms with Gasteiger partial charge in [-0.3, -0.25) is 4.79 Å². The number of esters is 1. The van der Waals surface area contributed by atoms with Gasteiger partial charge in [0.15, 0.2) is 0 Å². The Morgan fingerprint density at radius 1 is 1.41 bits per heavy atom. The van der Waals surface area contributed by atoms with Crippen molar-refractivity contribution in [3.05, 3.63) is 0 Å². The first-order valence-electron chi connectivity index (χ1n) is 6.74. The second kappa shape index (κ2) is 5.38. The molecule has 1 rings (SSSR count). The Kier molecular flexibility index (Phi) is 4.59. The van der Waals surface area contributed by atoms with Gasteiger partial charge < -0.3 is 10.1 Å². The van der Waals surface area contributed by atoms with Crippen LogP contribution in [-0.2, 0) is 9.53 Å². The third-order valence-corrected chi connectivity index (χ3v) is 3.28. The van der Waals surface area contributed by atoms with Crippen LogP contribution in [0.3, 0.4) is 0 Å². The van der Waals surface area contributed by atoms with Crippen LogP contribution in [-0.4, -0.2) is 24.2 Å². The van der Waals surface area contributed by atoms with E-state index in [-0.39, 0.29) is 12.0 Å². The van der Waals surface area contributed by atoms with E-state index in [1.807, 2.05) is 27.7 Å². The molecule has 3 heteroatoms. The van der Waals surface area contributed by atoms with Crippen LogP contribution in [0.5, 0.6) is 0 Å². The van der Waals surface area contributed by atoms with Gasteiger partial charge in [0.1, 0.15) is 11.6 Å². The summed E-state index contributed by atoms with van der Waals surface area (Å²) in [5.74, 6) is -0.148. The lowest BCUT2D eigenvalue weighted by atomic mass is 10.0. The van der Waals surface area contributed by atoms with E-state index in [1.165, 1.54) is 25.7 Å². The van der Waals surface area contributed by atoms with E-state index in [0.29, 0.717) is 5.41 Å². The lowest BCUT2D eigenvalue weighted by Gasteiger charge is -2.24. The van der Waals surface area contributed by atoms with Gasteiger partial charge in [-0.1, -0.05) is 13.3 Å². The summed E-state index contributed by atoms with van der Waals surface area (Å²) >= 11 is 0. The van der Waals surface area contributed by atoms with E-state index in [9.17, 15) is 4.79 Å². The normalized spacial score (nSPS) is 19.8. The van der Waals surface area contributed by atoms with Gasteiger partial charge in [-0.05, 0) is 52.4 Å². The Balaban J connectivity index is 2.30. The fourth-order valence-electron chi connectivity index (χ4n) is 2.07. The van der Waals surface area contributed by atoms with Crippen LogP contribution in [0.4, 0.5) is 0 Å². The molecule has 0 aromatic heterocycles. The van der Waals surface area contributed by atoms with Gasteiger partial charge in [0.2, 0.25) is 0 Å². The number of ether oxygens (including phenoxy) is 1. The predicted octanol–water partition coefficient (Wildman–Crippen LogP) is 2.89. The van der Waals surface area contributed by atoms with Crippen molar-refractivity contribution in [3.8, 4) is 0 Å². The highest BCUT2D eigenvalue weighted by molar-refractivity contribution is 5.75. The van der Waals surface area contributed by atoms with Crippen LogP contribution in [0, 0.1) is 5.41 Å². The zero-order chi connectivity index (χ0) is 13.1. The lowest BCUT2D eigenvalue weighted by molar-refractivity contribution is -0.157. The van der Waals surface area contributed by atoms with Crippen molar-refractivity contribution in [2.75, 3.05) is 6.54 Å². The highest BCUT2D eigenvalue weighted by Crippen LogP contribution is 2.48. The van der Waals surface area contributed by atoms with Crippen molar-refractivity contribution in [1.82, 2.24) is 5.32 Å². The van der Waals surface area contributed by atoms with Crippen molar-refractivity contribution in [3.63, 3.8) is 0 Å². The second-order valence-corrected chi connectivity index (χ2v) is 6.39. The summed E-state index contributed by atoms with van der Waals surface area (Å²) in [6, 6.07) is -0.205. The van der Waals surface area contributed by atoms with E-state index in [4.69, 9.17) is 4.74 Å². The van der Waals surface area contributed by atoms with Gasteiger partial charge in [-0.15, -0.1) is 0 Å². The first-order valence-corrected chi connectivity index (χ1v) is 6.74. The molecule has 0 radical (unpaired) electrons. The minimum atomic E-state index is -0.395. The van der Waals surface area contributed by atoms with Crippen LogP contribution in [0.15, 0.2) is 0 Å². The van der Waals surface area contributed by atoms with Crippen LogP contribution in [0.2, 0.25) is 0 Å². The Morgan fingerprint density at radius 3 is 2.41 bits per heavy atom. The molecule has 0 bridgehead atoms. The summed E-state index contributed by atoms with van der Waals surface area (Å²) < 4.78 is 5.34. The van der Waals surface area contributed by atoms with Crippen molar-refractivity contribution < 1.29 is 9.53 Å². The summed E-state index contributed by atoms with van der Waals surface area (Å²) in [5.41, 5.74) is 0.0821. The summed E-state index contributed by atoms with van der Waals surface area (Å²) in [6.45, 7) is 10.7. The van der Waals surface area contributed by atoms with E-state index in [1.54, 1.807) is 0 Å². The number of nitrogens with one attached hydrogen (secondary N) is 1. The van der Waals surface area contributed by atoms with Crippen LogP contribution < -0.4 is 5.32 Å². The van der Waals surface area contributed by atoms with E-state index in [2.05, 4.69) is 12.2 Å². The second-order valence-electron chi connectivity index (χ2n) is 6.39. The maximum absolute atomic E-state index is 11.8. The van der Waals surface area contributed by atoms with E-state index >= 15 is 0 Å². The number of hydrogen-bond donors (Lipinski definition) is 1. The molecule has 0 aromatic carbocycles. The van der Waals surface area contributed by atoms with Gasteiger partial charge >= 0.3 is 5.97 Å². The molecule has 0 aliphatic heterocycles. The number of hydrogen-bond acceptors (Lipinski definition) is 3. The molecule has 100 valence electrons. The van der Waals surface area contributed by atoms with Crippen molar-refractivity contribution >= 4 is 5.97 Å². The van der Waals surface area contributed by atoms with Crippen LogP contribution in [0.25, 0.3) is 0 Å². The fourth-order valence-corrected chi connectivity index (χ4v) is 2.07. The zero-order valence-electron chi connectivity index (χ0n) is 11.9. The predicted molar refractivity (Wildman–Crippen MR) is 69.9 cm³/mol. The molecule has 1 N–H and O–H groups in total. The van der Waals surface area contributed by atoms with Gasteiger partial charge in [-0.25, -0.2) is 0 Å². The smallest absolute Gasteiger partial charge is 0.323 e. The molecule has 0 amide bonds. The number of carbonyl (C=O) groups is 1. The molecular formula is C14H27NO2. The van der Waals surface area contributed by atoms with Crippen molar-refractivity contribution in [1.29, 1.82) is 0 Å². The molecule has 0 heterocycles. The van der Waals surface area contributed by atoms with Gasteiger partial charge in [0.25, 0.3) is 0 Å². The topological polar surface area (TPSA) is 38.3 Å². The molecule has 0 aromatic rings.